The Morgan fingerprint density at radius 3 is 1.27 bits per heavy atom. The van der Waals surface area contributed by atoms with Crippen molar-refractivity contribution in [3.05, 3.63) is 168 Å². The molecule has 4 aromatic heterocycles. The minimum atomic E-state index is -5.20. The summed E-state index contributed by atoms with van der Waals surface area (Å²) in [4.78, 5) is 0. The van der Waals surface area contributed by atoms with Crippen LogP contribution in [0.1, 0.15) is 16.7 Å². The molecule has 11 heteroatoms. The minimum Gasteiger partial charge on any atom is -0.344 e. The van der Waals surface area contributed by atoms with Gasteiger partial charge in [0.15, 0.2) is 0 Å². The summed E-state index contributed by atoms with van der Waals surface area (Å²) < 4.78 is 98.9. The molecule has 0 aliphatic heterocycles. The Morgan fingerprint density at radius 2 is 0.828 bits per heavy atom. The zero-order valence-corrected chi connectivity index (χ0v) is 33.9. The maximum Gasteiger partial charge on any atom is 0.417 e. The predicted molar refractivity (Wildman–Crippen MR) is 243 cm³/mol. The zero-order chi connectivity index (χ0) is 44.0. The number of benzene rings is 8. The van der Waals surface area contributed by atoms with Crippen LogP contribution < -0.4 is 0 Å². The largest absolute Gasteiger partial charge is 0.417 e. The summed E-state index contributed by atoms with van der Waals surface area (Å²) in [7, 11) is 3.95. The summed E-state index contributed by atoms with van der Waals surface area (Å²) in [5.41, 5.74) is 2.33. The summed E-state index contributed by atoms with van der Waals surface area (Å²) in [5, 5.41) is 18.1. The molecule has 64 heavy (non-hydrogen) atoms. The molecule has 8 aromatic carbocycles. The first-order valence-corrected chi connectivity index (χ1v) is 20.5. The smallest absolute Gasteiger partial charge is 0.344 e. The first kappa shape index (κ1) is 37.8. The average molecular weight is 852 g/mol. The molecule has 0 unspecified atom stereocenters. The highest BCUT2D eigenvalue weighted by Crippen LogP contribution is 2.50. The van der Waals surface area contributed by atoms with E-state index in [2.05, 4.69) is 21.3 Å². The molecule has 0 radical (unpaired) electrons. The van der Waals surface area contributed by atoms with E-state index >= 15 is 26.3 Å². The molecule has 0 amide bonds. The number of aromatic nitrogens is 4. The molecule has 5 nitrogen and oxygen atoms in total. The summed E-state index contributed by atoms with van der Waals surface area (Å²) in [5.74, 6) is 0. The van der Waals surface area contributed by atoms with Crippen molar-refractivity contribution in [1.29, 1.82) is 5.26 Å². The molecule has 0 atom stereocenters. The van der Waals surface area contributed by atoms with Crippen LogP contribution in [0.5, 0.6) is 0 Å². The van der Waals surface area contributed by atoms with Crippen molar-refractivity contribution in [3.8, 4) is 28.6 Å². The number of nitriles is 1. The fourth-order valence-corrected chi connectivity index (χ4v) is 10.4. The van der Waals surface area contributed by atoms with E-state index < -0.39 is 34.6 Å². The van der Waals surface area contributed by atoms with Crippen molar-refractivity contribution in [3.63, 3.8) is 0 Å². The number of rotatable bonds is 3. The van der Waals surface area contributed by atoms with Gasteiger partial charge >= 0.3 is 12.4 Å². The third-order valence-corrected chi connectivity index (χ3v) is 13.1. The normalized spacial score (nSPS) is 12.7. The Balaban J connectivity index is 1.36. The molecule has 4 heterocycles. The van der Waals surface area contributed by atoms with E-state index in [4.69, 9.17) is 0 Å². The van der Waals surface area contributed by atoms with Crippen LogP contribution in [-0.2, 0) is 26.4 Å². The van der Waals surface area contributed by atoms with Gasteiger partial charge in [-0.25, -0.2) is 0 Å². The van der Waals surface area contributed by atoms with Gasteiger partial charge in [-0.1, -0.05) is 91.0 Å². The van der Waals surface area contributed by atoms with Crippen molar-refractivity contribution < 1.29 is 26.3 Å². The SMILES string of the molecule is Cn1c2ccccc2c2c1ccc1c3ccccc3n(-c3cc(C#N)c(-c4c(C(F)(F)F)cccc4C(F)(F)F)cc3-n3c4ccccc4c4ccc5c(c6ccccc6n5C)c43)c12. The Labute approximate surface area is 359 Å². The van der Waals surface area contributed by atoms with E-state index in [1.165, 1.54) is 12.1 Å². The summed E-state index contributed by atoms with van der Waals surface area (Å²) in [6, 6.07) is 46.5. The van der Waals surface area contributed by atoms with Crippen molar-refractivity contribution in [2.24, 2.45) is 14.1 Å². The average Bonchev–Trinajstić information content (AvgIpc) is 4.00. The van der Waals surface area contributed by atoms with Gasteiger partial charge in [0.25, 0.3) is 0 Å². The second-order valence-electron chi connectivity index (χ2n) is 16.3. The van der Waals surface area contributed by atoms with Gasteiger partial charge in [0.05, 0.1) is 67.2 Å². The van der Waals surface area contributed by atoms with Gasteiger partial charge in [-0.15, -0.1) is 0 Å². The van der Waals surface area contributed by atoms with Gasteiger partial charge in [-0.05, 0) is 60.7 Å². The van der Waals surface area contributed by atoms with Crippen LogP contribution in [-0.4, -0.2) is 18.3 Å². The van der Waals surface area contributed by atoms with E-state index in [0.717, 1.165) is 82.3 Å². The van der Waals surface area contributed by atoms with E-state index in [-0.39, 0.29) is 11.3 Å². The molecule has 310 valence electrons. The second-order valence-corrected chi connectivity index (χ2v) is 16.3. The minimum absolute atomic E-state index is 0.283. The fourth-order valence-electron chi connectivity index (χ4n) is 10.4. The van der Waals surface area contributed by atoms with Crippen LogP contribution in [0.3, 0.4) is 0 Å². The van der Waals surface area contributed by atoms with Crippen LogP contribution in [0.4, 0.5) is 26.3 Å². The number of para-hydroxylation sites is 4. The molecule has 0 fully saturated rings. The molecular weight excluding hydrogens is 821 g/mol. The molecule has 0 spiro atoms. The first-order chi connectivity index (χ1) is 30.9. The third kappa shape index (κ3) is 5.02. The number of nitrogens with zero attached hydrogens (tertiary/aromatic N) is 5. The van der Waals surface area contributed by atoms with Gasteiger partial charge in [-0.2, -0.15) is 31.6 Å². The Morgan fingerprint density at radius 1 is 0.422 bits per heavy atom. The zero-order valence-electron chi connectivity index (χ0n) is 33.9. The van der Waals surface area contributed by atoms with E-state index in [9.17, 15) is 5.26 Å². The molecule has 12 aromatic rings. The highest BCUT2D eigenvalue weighted by Gasteiger charge is 2.42. The number of halogens is 6. The molecule has 0 bridgehead atoms. The van der Waals surface area contributed by atoms with Gasteiger partial charge in [0.2, 0.25) is 0 Å². The van der Waals surface area contributed by atoms with E-state index in [1.54, 1.807) is 0 Å². The first-order valence-electron chi connectivity index (χ1n) is 20.5. The van der Waals surface area contributed by atoms with Crippen LogP contribution in [0.15, 0.2) is 152 Å². The van der Waals surface area contributed by atoms with Gasteiger partial charge in [-0.3, -0.25) is 0 Å². The lowest BCUT2D eigenvalue weighted by Gasteiger charge is -2.23. The monoisotopic (exact) mass is 851 g/mol. The molecule has 0 saturated heterocycles. The topological polar surface area (TPSA) is 43.5 Å². The van der Waals surface area contributed by atoms with Gasteiger partial charge < -0.3 is 18.3 Å². The predicted octanol–water partition coefficient (Wildman–Crippen LogP) is 14.7. The molecule has 0 aliphatic carbocycles. The van der Waals surface area contributed by atoms with Crippen molar-refractivity contribution in [2.45, 2.75) is 12.4 Å². The Kier molecular flexibility index (Phi) is 7.69. The van der Waals surface area contributed by atoms with Gasteiger partial charge in [0.1, 0.15) is 0 Å². The lowest BCUT2D eigenvalue weighted by molar-refractivity contribution is -0.142. The van der Waals surface area contributed by atoms with Gasteiger partial charge in [0, 0.05) is 79.3 Å². The van der Waals surface area contributed by atoms with Crippen molar-refractivity contribution >= 4 is 87.2 Å². The van der Waals surface area contributed by atoms with Crippen LogP contribution >= 0.6 is 0 Å². The summed E-state index contributed by atoms with van der Waals surface area (Å²) >= 11 is 0. The molecule has 12 rings (SSSR count). The van der Waals surface area contributed by atoms with Crippen molar-refractivity contribution in [1.82, 2.24) is 18.3 Å². The van der Waals surface area contributed by atoms with Crippen molar-refractivity contribution in [2.75, 3.05) is 0 Å². The van der Waals surface area contributed by atoms with Crippen LogP contribution in [0, 0.1) is 11.3 Å². The molecule has 0 aliphatic rings. The van der Waals surface area contributed by atoms with E-state index in [1.807, 2.05) is 138 Å². The number of hydrogen-bond acceptors (Lipinski definition) is 1. The standard InChI is InChI=1S/C53H31F6N5/c1-61-39-18-7-5-14-34(39)48-43(61)24-22-32-30-12-3-9-20-41(30)63(50(32)48)45-26-29(28-60)36(47-37(52(54,55)56)16-11-17-38(47)53(57,58)59)27-46(45)64-42-21-10-4-13-31(42)33-23-25-44-49(51(33)64)35-15-6-8-19-40(35)62(44)2/h3-27H,1-2H3. The second kappa shape index (κ2) is 13.0. The third-order valence-electron chi connectivity index (χ3n) is 13.1. The Bertz CT molecular complexity index is 4000. The van der Waals surface area contributed by atoms with E-state index in [0.29, 0.717) is 28.9 Å². The number of aryl methyl sites for hydroxylation is 2. The maximum absolute atomic E-state index is 15.1. The summed E-state index contributed by atoms with van der Waals surface area (Å²) in [6.07, 6.45) is -10.4. The molecular formula is C53H31F6N5. The van der Waals surface area contributed by atoms with Crippen LogP contribution in [0.2, 0.25) is 0 Å². The number of hydrogen-bond donors (Lipinski definition) is 0. The lowest BCUT2D eigenvalue weighted by Crippen LogP contribution is -2.15. The molecule has 0 saturated carbocycles. The quantitative estimate of drug-likeness (QED) is 0.163. The number of fused-ring (bicyclic) bond motifs is 14. The summed E-state index contributed by atoms with van der Waals surface area (Å²) in [6.45, 7) is 0. The highest BCUT2D eigenvalue weighted by atomic mass is 19.4. The maximum atomic E-state index is 15.1. The number of alkyl halides is 6. The Hall–Kier alpha value is -7.97. The highest BCUT2D eigenvalue weighted by molar-refractivity contribution is 6.27. The van der Waals surface area contributed by atoms with Crippen LogP contribution in [0.25, 0.3) is 110 Å². The molecule has 0 N–H and O–H groups in total. The fraction of sp³-hybridized carbons (Fsp3) is 0.0755. The lowest BCUT2D eigenvalue weighted by atomic mass is 9.89.